The molecule has 0 spiro atoms. The molecule has 130 valence electrons. The summed E-state index contributed by atoms with van der Waals surface area (Å²) in [6.07, 6.45) is -0.932. The van der Waals surface area contributed by atoms with E-state index in [2.05, 4.69) is 0 Å². The summed E-state index contributed by atoms with van der Waals surface area (Å²) in [5.41, 5.74) is 6.33. The second kappa shape index (κ2) is 7.14. The van der Waals surface area contributed by atoms with Crippen LogP contribution >= 0.6 is 0 Å². The monoisotopic (exact) mass is 357 g/mol. The van der Waals surface area contributed by atoms with Crippen molar-refractivity contribution in [3.05, 3.63) is 53.6 Å². The van der Waals surface area contributed by atoms with Crippen molar-refractivity contribution >= 4 is 15.8 Å². The van der Waals surface area contributed by atoms with E-state index >= 15 is 0 Å². The molecule has 1 atom stereocenters. The quantitative estimate of drug-likeness (QED) is 0.635. The zero-order chi connectivity index (χ0) is 17.9. The molecule has 2 aromatic rings. The number of anilines is 1. The fourth-order valence-electron chi connectivity index (χ4n) is 1.90. The van der Waals surface area contributed by atoms with Gasteiger partial charge in [0.15, 0.2) is 11.6 Å². The zero-order valence-corrected chi connectivity index (χ0v) is 13.9. The Hall–Kier alpha value is -2.19. The Kier molecular flexibility index (Phi) is 5.40. The fraction of sp³-hybridized carbons (Fsp3) is 0.250. The predicted octanol–water partition coefficient (Wildman–Crippen LogP) is 3.03. The summed E-state index contributed by atoms with van der Waals surface area (Å²) in [6.45, 7) is 2.93. The number of ether oxygens (including phenoxy) is 1. The van der Waals surface area contributed by atoms with Gasteiger partial charge in [0.25, 0.3) is 10.1 Å². The first-order valence-corrected chi connectivity index (χ1v) is 8.48. The van der Waals surface area contributed by atoms with Gasteiger partial charge < -0.3 is 10.5 Å². The second-order valence-electron chi connectivity index (χ2n) is 5.26. The van der Waals surface area contributed by atoms with Gasteiger partial charge in [-0.25, -0.2) is 4.39 Å². The summed E-state index contributed by atoms with van der Waals surface area (Å²) in [6, 6.07) is 8.15. The minimum absolute atomic E-state index is 0.00333. The highest BCUT2D eigenvalue weighted by Gasteiger charge is 2.21. The molecular formula is C16H17F2NO4S. The Bertz CT molecular complexity index is 823. The summed E-state index contributed by atoms with van der Waals surface area (Å²) in [4.78, 5) is -0.00333. The molecule has 0 bridgehead atoms. The maximum Gasteiger partial charge on any atom is 0.297 e. The predicted molar refractivity (Wildman–Crippen MR) is 85.2 cm³/mol. The molecule has 0 aliphatic carbocycles. The van der Waals surface area contributed by atoms with Crippen LogP contribution in [0.15, 0.2) is 41.3 Å². The SMILES string of the molecule is Cc1ccc(S(=O)(=O)O[C@H](C)COc2c(N)ccc(F)c2F)cc1. The number of nitrogen functional groups attached to an aromatic ring is 1. The molecule has 0 aliphatic rings. The lowest BCUT2D eigenvalue weighted by Gasteiger charge is -2.16. The number of benzene rings is 2. The van der Waals surface area contributed by atoms with Crippen LogP contribution in [0.25, 0.3) is 0 Å². The Morgan fingerprint density at radius 3 is 2.38 bits per heavy atom. The standard InChI is InChI=1S/C16H17F2NO4S/c1-10-3-5-12(6-4-10)24(20,21)23-11(2)9-22-16-14(19)8-7-13(17)15(16)18/h3-8,11H,9,19H2,1-2H3/t11-/m1/s1. The van der Waals surface area contributed by atoms with Crippen LogP contribution in [0.1, 0.15) is 12.5 Å². The molecule has 0 aromatic heterocycles. The van der Waals surface area contributed by atoms with E-state index in [9.17, 15) is 17.2 Å². The summed E-state index contributed by atoms with van der Waals surface area (Å²) in [5.74, 6) is -2.82. The smallest absolute Gasteiger partial charge is 0.297 e. The van der Waals surface area contributed by atoms with Crippen LogP contribution in [0.5, 0.6) is 5.75 Å². The van der Waals surface area contributed by atoms with Gasteiger partial charge in [0.2, 0.25) is 5.82 Å². The number of hydrogen-bond donors (Lipinski definition) is 1. The Balaban J connectivity index is 2.05. The van der Waals surface area contributed by atoms with E-state index in [0.29, 0.717) is 0 Å². The molecule has 2 N–H and O–H groups in total. The van der Waals surface area contributed by atoms with E-state index in [1.165, 1.54) is 19.1 Å². The number of nitrogens with two attached hydrogens (primary N) is 1. The fourth-order valence-corrected chi connectivity index (χ4v) is 2.97. The molecule has 2 aromatic carbocycles. The van der Waals surface area contributed by atoms with Crippen molar-refractivity contribution in [1.82, 2.24) is 0 Å². The maximum absolute atomic E-state index is 13.6. The molecule has 24 heavy (non-hydrogen) atoms. The van der Waals surface area contributed by atoms with Gasteiger partial charge in [0.1, 0.15) is 12.7 Å². The molecular weight excluding hydrogens is 340 g/mol. The molecule has 0 amide bonds. The van der Waals surface area contributed by atoms with E-state index in [1.54, 1.807) is 12.1 Å². The van der Waals surface area contributed by atoms with Crippen molar-refractivity contribution in [3.63, 3.8) is 0 Å². The number of hydrogen-bond acceptors (Lipinski definition) is 5. The van der Waals surface area contributed by atoms with Gasteiger partial charge in [-0.3, -0.25) is 4.18 Å². The molecule has 0 unspecified atom stereocenters. The van der Waals surface area contributed by atoms with Crippen molar-refractivity contribution in [2.45, 2.75) is 24.8 Å². The first-order chi connectivity index (χ1) is 11.2. The molecule has 0 saturated heterocycles. The third-order valence-corrected chi connectivity index (χ3v) is 4.57. The summed E-state index contributed by atoms with van der Waals surface area (Å²) in [5, 5.41) is 0. The lowest BCUT2D eigenvalue weighted by Crippen LogP contribution is -2.23. The van der Waals surface area contributed by atoms with Crippen LogP contribution < -0.4 is 10.5 Å². The third kappa shape index (κ3) is 4.21. The highest BCUT2D eigenvalue weighted by molar-refractivity contribution is 7.86. The molecule has 0 radical (unpaired) electrons. The third-order valence-electron chi connectivity index (χ3n) is 3.14. The van der Waals surface area contributed by atoms with Gasteiger partial charge >= 0.3 is 0 Å². The molecule has 0 heterocycles. The molecule has 8 heteroatoms. The maximum atomic E-state index is 13.6. The van der Waals surface area contributed by atoms with Crippen molar-refractivity contribution in [1.29, 1.82) is 0 Å². The van der Waals surface area contributed by atoms with Gasteiger partial charge in [-0.05, 0) is 38.1 Å². The first kappa shape index (κ1) is 18.2. The molecule has 5 nitrogen and oxygen atoms in total. The number of aryl methyl sites for hydroxylation is 1. The average Bonchev–Trinajstić information content (AvgIpc) is 2.51. The second-order valence-corrected chi connectivity index (χ2v) is 6.84. The Labute approximate surface area is 139 Å². The normalized spacial score (nSPS) is 12.8. The van der Waals surface area contributed by atoms with Crippen LogP contribution in [-0.4, -0.2) is 21.1 Å². The molecule has 0 saturated carbocycles. The molecule has 2 rings (SSSR count). The highest BCUT2D eigenvalue weighted by Crippen LogP contribution is 2.27. The number of rotatable bonds is 6. The van der Waals surface area contributed by atoms with Crippen LogP contribution in [0.2, 0.25) is 0 Å². The van der Waals surface area contributed by atoms with Gasteiger partial charge in [-0.1, -0.05) is 17.7 Å². The minimum Gasteiger partial charge on any atom is -0.485 e. The van der Waals surface area contributed by atoms with E-state index in [4.69, 9.17) is 14.7 Å². The van der Waals surface area contributed by atoms with Crippen LogP contribution in [0.4, 0.5) is 14.5 Å². The van der Waals surface area contributed by atoms with Crippen molar-refractivity contribution in [2.75, 3.05) is 12.3 Å². The van der Waals surface area contributed by atoms with Crippen LogP contribution in [0.3, 0.4) is 0 Å². The van der Waals surface area contributed by atoms with Gasteiger partial charge in [0, 0.05) is 0 Å². The topological polar surface area (TPSA) is 78.6 Å². The summed E-state index contributed by atoms with van der Waals surface area (Å²) in [7, 11) is -3.99. The van der Waals surface area contributed by atoms with E-state index < -0.39 is 33.6 Å². The number of halogens is 2. The van der Waals surface area contributed by atoms with E-state index in [1.807, 2.05) is 6.92 Å². The van der Waals surface area contributed by atoms with Crippen molar-refractivity contribution in [3.8, 4) is 5.75 Å². The van der Waals surface area contributed by atoms with Gasteiger partial charge in [-0.2, -0.15) is 12.8 Å². The largest absolute Gasteiger partial charge is 0.485 e. The summed E-state index contributed by atoms with van der Waals surface area (Å²) >= 11 is 0. The highest BCUT2D eigenvalue weighted by atomic mass is 32.2. The Morgan fingerprint density at radius 1 is 1.12 bits per heavy atom. The molecule has 0 fully saturated rings. The summed E-state index contributed by atoms with van der Waals surface area (Å²) < 4.78 is 61.1. The van der Waals surface area contributed by atoms with E-state index in [-0.39, 0.29) is 17.2 Å². The van der Waals surface area contributed by atoms with Crippen LogP contribution in [-0.2, 0) is 14.3 Å². The first-order valence-electron chi connectivity index (χ1n) is 7.07. The average molecular weight is 357 g/mol. The zero-order valence-electron chi connectivity index (χ0n) is 13.1. The lowest BCUT2D eigenvalue weighted by molar-refractivity contribution is 0.145. The molecule has 0 aliphatic heterocycles. The van der Waals surface area contributed by atoms with Crippen LogP contribution in [0, 0.1) is 18.6 Å². The Morgan fingerprint density at radius 2 is 1.75 bits per heavy atom. The van der Waals surface area contributed by atoms with Crippen molar-refractivity contribution in [2.24, 2.45) is 0 Å². The van der Waals surface area contributed by atoms with E-state index in [0.717, 1.165) is 17.7 Å². The van der Waals surface area contributed by atoms with Crippen molar-refractivity contribution < 1.29 is 26.1 Å². The minimum atomic E-state index is -3.99. The lowest BCUT2D eigenvalue weighted by atomic mass is 10.2. The van der Waals surface area contributed by atoms with Gasteiger partial charge in [0.05, 0.1) is 10.6 Å². The van der Waals surface area contributed by atoms with Gasteiger partial charge in [-0.15, -0.1) is 0 Å².